The van der Waals surface area contributed by atoms with Crippen LogP contribution in [0, 0.1) is 0 Å². The molecule has 0 spiro atoms. The lowest BCUT2D eigenvalue weighted by Gasteiger charge is -2.19. The molecule has 1 heterocycles. The molecule has 0 atom stereocenters. The first kappa shape index (κ1) is 28.8. The number of anilines is 2. The van der Waals surface area contributed by atoms with E-state index in [9.17, 15) is 0 Å². The summed E-state index contributed by atoms with van der Waals surface area (Å²) in [7, 11) is 0. The van der Waals surface area contributed by atoms with E-state index >= 15 is 0 Å². The lowest BCUT2D eigenvalue weighted by molar-refractivity contribution is 0.627. The van der Waals surface area contributed by atoms with E-state index in [1.807, 2.05) is 17.3 Å². The molecule has 0 unspecified atom stereocenters. The van der Waals surface area contributed by atoms with Crippen LogP contribution in [0.15, 0.2) is 151 Å². The van der Waals surface area contributed by atoms with E-state index < -0.39 is 0 Å². The lowest BCUT2D eigenvalue weighted by Crippen LogP contribution is -2.09. The molecule has 1 aromatic heterocycles. The predicted molar refractivity (Wildman–Crippen MR) is 200 cm³/mol. The van der Waals surface area contributed by atoms with E-state index in [0.717, 1.165) is 29.0 Å². The van der Waals surface area contributed by atoms with Crippen LogP contribution in [0.5, 0.6) is 0 Å². The molecule has 3 nitrogen and oxygen atoms in total. The maximum absolute atomic E-state index is 5.07. The van der Waals surface area contributed by atoms with Crippen LogP contribution in [0.4, 0.5) is 11.4 Å². The van der Waals surface area contributed by atoms with Crippen LogP contribution in [0.25, 0.3) is 44.6 Å². The summed E-state index contributed by atoms with van der Waals surface area (Å²) in [5.74, 6) is 0. The monoisotopic (exact) mass is 607 g/mol. The van der Waals surface area contributed by atoms with Gasteiger partial charge in [-0.1, -0.05) is 123 Å². The summed E-state index contributed by atoms with van der Waals surface area (Å²) >= 11 is 0. The standard InChI is InChI=1S/C44H37N3/c1-2-3-13-28-46-43-21-12-11-20-40(43)42-30-33(24-27-44(42)46)31-45-47(34-14-5-4-6-15-34)35-25-22-32(23-26-35)29-41-38-18-9-7-16-36(38)37-17-8-10-19-39(37)41/h4-12,14-27,29-31H,2-3,13,28H2,1H3/b45-31-. The lowest BCUT2D eigenvalue weighted by atomic mass is 10.0. The van der Waals surface area contributed by atoms with Crippen molar-refractivity contribution in [1.29, 1.82) is 0 Å². The Balaban J connectivity index is 1.13. The van der Waals surface area contributed by atoms with E-state index in [4.69, 9.17) is 5.10 Å². The molecule has 228 valence electrons. The Kier molecular flexibility index (Phi) is 7.72. The summed E-state index contributed by atoms with van der Waals surface area (Å²) in [6, 6.07) is 52.0. The summed E-state index contributed by atoms with van der Waals surface area (Å²) in [5, 5.41) is 9.67. The molecule has 3 heteroatoms. The fourth-order valence-electron chi connectivity index (χ4n) is 6.97. The number of aryl methyl sites for hydroxylation is 1. The highest BCUT2D eigenvalue weighted by Crippen LogP contribution is 2.44. The molecule has 0 fully saturated rings. The zero-order valence-electron chi connectivity index (χ0n) is 26.7. The molecule has 47 heavy (non-hydrogen) atoms. The van der Waals surface area contributed by atoms with Crippen molar-refractivity contribution in [3.63, 3.8) is 0 Å². The minimum Gasteiger partial charge on any atom is -0.340 e. The van der Waals surface area contributed by atoms with E-state index in [1.54, 1.807) is 0 Å². The van der Waals surface area contributed by atoms with Crippen molar-refractivity contribution in [1.82, 2.24) is 4.57 Å². The number of aromatic nitrogens is 1. The van der Waals surface area contributed by atoms with Crippen molar-refractivity contribution in [3.05, 3.63) is 168 Å². The summed E-state index contributed by atoms with van der Waals surface area (Å²) in [4.78, 5) is 0. The molecule has 0 radical (unpaired) electrons. The number of benzene rings is 6. The third-order valence-corrected chi connectivity index (χ3v) is 9.28. The zero-order valence-corrected chi connectivity index (χ0v) is 26.7. The Labute approximate surface area is 276 Å². The van der Waals surface area contributed by atoms with E-state index in [2.05, 4.69) is 157 Å². The Hall–Kier alpha value is -5.67. The molecular weight excluding hydrogens is 571 g/mol. The van der Waals surface area contributed by atoms with Gasteiger partial charge in [0.1, 0.15) is 0 Å². The van der Waals surface area contributed by atoms with Crippen molar-refractivity contribution in [2.75, 3.05) is 5.01 Å². The second kappa shape index (κ2) is 12.6. The van der Waals surface area contributed by atoms with Gasteiger partial charge in [0, 0.05) is 28.4 Å². The molecule has 7 aromatic rings. The largest absolute Gasteiger partial charge is 0.340 e. The molecule has 1 aliphatic rings. The van der Waals surface area contributed by atoms with Crippen LogP contribution in [-0.2, 0) is 6.54 Å². The molecule has 0 aliphatic heterocycles. The van der Waals surface area contributed by atoms with Gasteiger partial charge in [-0.05, 0) is 93.9 Å². The summed E-state index contributed by atoms with van der Waals surface area (Å²) in [6.07, 6.45) is 7.94. The Bertz CT molecular complexity index is 2210. The highest BCUT2D eigenvalue weighted by atomic mass is 15.5. The van der Waals surface area contributed by atoms with Crippen LogP contribution in [0.1, 0.15) is 48.4 Å². The number of para-hydroxylation sites is 2. The van der Waals surface area contributed by atoms with Gasteiger partial charge < -0.3 is 4.57 Å². The Morgan fingerprint density at radius 3 is 1.87 bits per heavy atom. The van der Waals surface area contributed by atoms with Crippen LogP contribution in [0.3, 0.4) is 0 Å². The molecular formula is C44H37N3. The number of fused-ring (bicyclic) bond motifs is 6. The van der Waals surface area contributed by atoms with Gasteiger partial charge in [0.25, 0.3) is 0 Å². The molecule has 0 amide bonds. The maximum atomic E-state index is 5.07. The minimum atomic E-state index is 1.01. The van der Waals surface area contributed by atoms with E-state index in [-0.39, 0.29) is 0 Å². The highest BCUT2D eigenvalue weighted by Gasteiger charge is 2.22. The molecule has 0 saturated heterocycles. The number of rotatable bonds is 9. The Morgan fingerprint density at radius 1 is 0.553 bits per heavy atom. The van der Waals surface area contributed by atoms with Crippen molar-refractivity contribution < 1.29 is 0 Å². The predicted octanol–water partition coefficient (Wildman–Crippen LogP) is 11.7. The first-order valence-corrected chi connectivity index (χ1v) is 16.7. The second-order valence-electron chi connectivity index (χ2n) is 12.3. The first-order valence-electron chi connectivity index (χ1n) is 16.7. The fraction of sp³-hybridized carbons (Fsp3) is 0.114. The number of hydrogen-bond donors (Lipinski definition) is 0. The summed E-state index contributed by atoms with van der Waals surface area (Å²) in [6.45, 7) is 3.30. The molecule has 0 N–H and O–H groups in total. The van der Waals surface area contributed by atoms with Gasteiger partial charge in [-0.3, -0.25) is 0 Å². The van der Waals surface area contributed by atoms with Crippen LogP contribution < -0.4 is 5.01 Å². The van der Waals surface area contributed by atoms with Gasteiger partial charge in [-0.25, -0.2) is 5.01 Å². The smallest absolute Gasteiger partial charge is 0.0653 e. The molecule has 8 rings (SSSR count). The van der Waals surface area contributed by atoms with Gasteiger partial charge in [-0.15, -0.1) is 0 Å². The van der Waals surface area contributed by atoms with Gasteiger partial charge in [0.05, 0.1) is 17.6 Å². The van der Waals surface area contributed by atoms with Gasteiger partial charge in [0.2, 0.25) is 0 Å². The van der Waals surface area contributed by atoms with Crippen molar-refractivity contribution in [2.24, 2.45) is 5.10 Å². The quantitative estimate of drug-likeness (QED) is 0.0908. The second-order valence-corrected chi connectivity index (χ2v) is 12.3. The van der Waals surface area contributed by atoms with E-state index in [0.29, 0.717) is 0 Å². The normalized spacial score (nSPS) is 12.1. The number of hydrogen-bond acceptors (Lipinski definition) is 2. The van der Waals surface area contributed by atoms with Crippen molar-refractivity contribution >= 4 is 51.0 Å². The maximum Gasteiger partial charge on any atom is 0.0653 e. The van der Waals surface area contributed by atoms with Gasteiger partial charge in [0.15, 0.2) is 0 Å². The molecule has 6 aromatic carbocycles. The average Bonchev–Trinajstić information content (AvgIpc) is 3.62. The van der Waals surface area contributed by atoms with Crippen LogP contribution in [0.2, 0.25) is 0 Å². The Morgan fingerprint density at radius 2 is 1.15 bits per heavy atom. The third kappa shape index (κ3) is 5.44. The van der Waals surface area contributed by atoms with E-state index in [1.165, 1.54) is 68.9 Å². The highest BCUT2D eigenvalue weighted by molar-refractivity contribution is 6.10. The molecule has 0 saturated carbocycles. The minimum absolute atomic E-state index is 1.01. The van der Waals surface area contributed by atoms with Crippen molar-refractivity contribution in [3.8, 4) is 11.1 Å². The topological polar surface area (TPSA) is 20.5 Å². The van der Waals surface area contributed by atoms with Crippen molar-refractivity contribution in [2.45, 2.75) is 32.7 Å². The van der Waals surface area contributed by atoms with Crippen LogP contribution in [-0.4, -0.2) is 10.8 Å². The zero-order chi connectivity index (χ0) is 31.6. The fourth-order valence-corrected chi connectivity index (χ4v) is 6.97. The molecule has 0 bridgehead atoms. The van der Waals surface area contributed by atoms with Crippen LogP contribution >= 0.6 is 0 Å². The first-order chi connectivity index (χ1) is 23.3. The summed E-state index contributed by atoms with van der Waals surface area (Å²) < 4.78 is 2.48. The van der Waals surface area contributed by atoms with Gasteiger partial charge >= 0.3 is 0 Å². The third-order valence-electron chi connectivity index (χ3n) is 9.28. The average molecular weight is 608 g/mol. The molecule has 1 aliphatic carbocycles. The number of unbranched alkanes of at least 4 members (excludes halogenated alkanes) is 2. The number of hydrazone groups is 1. The van der Waals surface area contributed by atoms with Gasteiger partial charge in [-0.2, -0.15) is 5.10 Å². The SMILES string of the molecule is CCCCCn1c2ccccc2c2cc(/C=N\N(c3ccccc3)c3ccc(C=C4c5ccccc5-c5ccccc54)cc3)ccc21. The summed E-state index contributed by atoms with van der Waals surface area (Å²) in [5.41, 5.74) is 13.3. The number of nitrogens with zero attached hydrogens (tertiary/aromatic N) is 3.